The van der Waals surface area contributed by atoms with E-state index in [1.54, 1.807) is 14.7 Å². The summed E-state index contributed by atoms with van der Waals surface area (Å²) in [4.78, 5) is 46.7. The molecular weight excluding hydrogens is 604 g/mol. The molecule has 0 aliphatic carbocycles. The largest absolute Gasteiger partial charge is 0.444 e. The zero-order chi connectivity index (χ0) is 31.7. The number of halogens is 1. The third kappa shape index (κ3) is 13.6. The van der Waals surface area contributed by atoms with Gasteiger partial charge in [-0.2, -0.15) is 0 Å². The molecule has 0 unspecified atom stereocenters. The molecule has 0 spiro atoms. The predicted octanol–water partition coefficient (Wildman–Crippen LogP) is 6.11. The average Bonchev–Trinajstić information content (AvgIpc) is 2.82. The second-order valence-electron chi connectivity index (χ2n) is 13.6. The van der Waals surface area contributed by atoms with Gasteiger partial charge in [-0.15, -0.1) is 0 Å². The lowest BCUT2D eigenvalue weighted by Crippen LogP contribution is -2.51. The van der Waals surface area contributed by atoms with Crippen LogP contribution in [0.1, 0.15) is 73.4 Å². The average molecular weight is 656 g/mol. The molecule has 42 heavy (non-hydrogen) atoms. The van der Waals surface area contributed by atoms with Crippen LogP contribution in [0.5, 0.6) is 0 Å². The summed E-state index contributed by atoms with van der Waals surface area (Å²) in [5.74, 6) is 0. The van der Waals surface area contributed by atoms with E-state index in [-0.39, 0.29) is 26.2 Å². The van der Waals surface area contributed by atoms with E-state index < -0.39 is 35.1 Å². The molecule has 3 amide bonds. The Bertz CT molecular complexity index is 1000. The van der Waals surface area contributed by atoms with E-state index in [1.165, 1.54) is 5.56 Å². The quantitative estimate of drug-likeness (QED) is 0.287. The van der Waals surface area contributed by atoms with Gasteiger partial charge in [0.15, 0.2) is 0 Å². The number of hydrogen-bond acceptors (Lipinski definition) is 7. The van der Waals surface area contributed by atoms with E-state index in [0.717, 1.165) is 10.9 Å². The van der Waals surface area contributed by atoms with Gasteiger partial charge in [-0.3, -0.25) is 4.90 Å². The minimum absolute atomic E-state index is 0.226. The van der Waals surface area contributed by atoms with Gasteiger partial charge >= 0.3 is 18.3 Å². The molecule has 11 heteroatoms. The lowest BCUT2D eigenvalue weighted by molar-refractivity contribution is 0.00450. The maximum atomic E-state index is 13.2. The summed E-state index contributed by atoms with van der Waals surface area (Å²) in [6.07, 6.45) is -1.36. The highest BCUT2D eigenvalue weighted by atomic mass is 79.9. The number of nitrogens with zero attached hydrogens (tertiary/aromatic N) is 4. The molecule has 238 valence electrons. The Balaban J connectivity index is 2.38. The molecule has 1 aromatic rings. The number of ether oxygens (including phenoxy) is 3. The predicted molar refractivity (Wildman–Crippen MR) is 168 cm³/mol. The van der Waals surface area contributed by atoms with Gasteiger partial charge in [0.25, 0.3) is 0 Å². The summed E-state index contributed by atoms with van der Waals surface area (Å²) in [5, 5.41) is 0.758. The van der Waals surface area contributed by atoms with Crippen LogP contribution in [0.25, 0.3) is 0 Å². The monoisotopic (exact) mass is 654 g/mol. The third-order valence-electron chi connectivity index (χ3n) is 6.16. The molecule has 10 nitrogen and oxygen atoms in total. The highest BCUT2D eigenvalue weighted by molar-refractivity contribution is 9.08. The van der Waals surface area contributed by atoms with Crippen molar-refractivity contribution in [2.45, 2.75) is 91.0 Å². The Morgan fingerprint density at radius 2 is 0.952 bits per heavy atom. The van der Waals surface area contributed by atoms with Crippen molar-refractivity contribution in [2.75, 3.05) is 52.4 Å². The Labute approximate surface area is 260 Å². The van der Waals surface area contributed by atoms with Gasteiger partial charge in [0.05, 0.1) is 0 Å². The molecule has 0 bridgehead atoms. The van der Waals surface area contributed by atoms with Crippen molar-refractivity contribution in [3.63, 3.8) is 0 Å². The molecule has 1 aromatic carbocycles. The van der Waals surface area contributed by atoms with Crippen molar-refractivity contribution in [2.24, 2.45) is 0 Å². The first-order chi connectivity index (χ1) is 19.3. The number of amides is 3. The summed E-state index contributed by atoms with van der Waals surface area (Å²) in [5.41, 5.74) is 0.311. The standard InChI is InChI=1S/C31H51BrN4O6/c1-29(2,3)40-26(37)34-15-13-33(23-25-12-10-11-24(21-25)22-32)14-16-35(27(38)41-30(4,5)6)18-20-36(19-17-34)28(39)42-31(7,8)9/h10-12,21H,13-20,22-23H2,1-9H3. The van der Waals surface area contributed by atoms with Crippen molar-refractivity contribution in [1.82, 2.24) is 19.6 Å². The van der Waals surface area contributed by atoms with Gasteiger partial charge in [0, 0.05) is 64.2 Å². The van der Waals surface area contributed by atoms with E-state index >= 15 is 0 Å². The Kier molecular flexibility index (Phi) is 13.0. The first-order valence-corrected chi connectivity index (χ1v) is 15.8. The van der Waals surface area contributed by atoms with Gasteiger partial charge in [-0.1, -0.05) is 40.2 Å². The van der Waals surface area contributed by atoms with Crippen LogP contribution in [0.15, 0.2) is 24.3 Å². The first kappa shape index (κ1) is 35.7. The second kappa shape index (κ2) is 15.3. The van der Waals surface area contributed by atoms with Crippen LogP contribution in [0.2, 0.25) is 0 Å². The minimum Gasteiger partial charge on any atom is -0.444 e. The van der Waals surface area contributed by atoms with Crippen LogP contribution in [-0.2, 0) is 26.1 Å². The lowest BCUT2D eigenvalue weighted by atomic mass is 10.1. The Hall–Kier alpha value is -2.53. The van der Waals surface area contributed by atoms with Crippen molar-refractivity contribution < 1.29 is 28.6 Å². The van der Waals surface area contributed by atoms with Crippen molar-refractivity contribution in [1.29, 1.82) is 0 Å². The number of rotatable bonds is 3. The molecular formula is C31H51BrN4O6. The fourth-order valence-corrected chi connectivity index (χ4v) is 4.56. The molecule has 1 fully saturated rings. The van der Waals surface area contributed by atoms with Gasteiger partial charge in [0.1, 0.15) is 16.8 Å². The van der Waals surface area contributed by atoms with Crippen LogP contribution in [0.4, 0.5) is 14.4 Å². The molecule has 0 radical (unpaired) electrons. The molecule has 0 saturated carbocycles. The van der Waals surface area contributed by atoms with Gasteiger partial charge in [-0.05, 0) is 73.4 Å². The maximum absolute atomic E-state index is 13.2. The lowest BCUT2D eigenvalue weighted by Gasteiger charge is -2.35. The van der Waals surface area contributed by atoms with Crippen molar-refractivity contribution >= 4 is 34.2 Å². The van der Waals surface area contributed by atoms with Crippen LogP contribution in [0, 0.1) is 0 Å². The Morgan fingerprint density at radius 1 is 0.619 bits per heavy atom. The minimum atomic E-state index is -0.691. The molecule has 2 rings (SSSR count). The molecule has 0 aromatic heterocycles. The summed E-state index contributed by atoms with van der Waals surface area (Å²) in [7, 11) is 0. The highest BCUT2D eigenvalue weighted by Gasteiger charge is 2.29. The molecule has 1 heterocycles. The summed E-state index contributed by atoms with van der Waals surface area (Å²) < 4.78 is 17.1. The third-order valence-corrected chi connectivity index (χ3v) is 6.81. The second-order valence-corrected chi connectivity index (χ2v) is 14.2. The number of carbonyl (C=O) groups is 3. The molecule has 1 saturated heterocycles. The fourth-order valence-electron chi connectivity index (χ4n) is 4.21. The summed E-state index contributed by atoms with van der Waals surface area (Å²) in [6.45, 7) is 19.9. The summed E-state index contributed by atoms with van der Waals surface area (Å²) in [6, 6.07) is 8.34. The zero-order valence-electron chi connectivity index (χ0n) is 27.0. The smallest absolute Gasteiger partial charge is 0.410 e. The maximum Gasteiger partial charge on any atom is 0.410 e. The van der Waals surface area contributed by atoms with E-state index in [2.05, 4.69) is 39.0 Å². The van der Waals surface area contributed by atoms with Gasteiger partial charge in [-0.25, -0.2) is 14.4 Å². The normalized spacial score (nSPS) is 16.8. The molecule has 0 atom stereocenters. The summed E-state index contributed by atoms with van der Waals surface area (Å²) >= 11 is 3.53. The van der Waals surface area contributed by atoms with Crippen LogP contribution >= 0.6 is 15.9 Å². The number of benzene rings is 1. The van der Waals surface area contributed by atoms with E-state index in [9.17, 15) is 14.4 Å². The molecule has 1 aliphatic heterocycles. The highest BCUT2D eigenvalue weighted by Crippen LogP contribution is 2.16. The topological polar surface area (TPSA) is 91.9 Å². The van der Waals surface area contributed by atoms with Crippen molar-refractivity contribution in [3.8, 4) is 0 Å². The fraction of sp³-hybridized carbons (Fsp3) is 0.710. The van der Waals surface area contributed by atoms with E-state index in [1.807, 2.05) is 68.4 Å². The van der Waals surface area contributed by atoms with E-state index in [4.69, 9.17) is 14.2 Å². The number of carbonyl (C=O) groups excluding carboxylic acids is 3. The van der Waals surface area contributed by atoms with Crippen LogP contribution in [-0.4, -0.2) is 107 Å². The van der Waals surface area contributed by atoms with Gasteiger partial charge < -0.3 is 28.9 Å². The Morgan fingerprint density at radius 3 is 1.29 bits per heavy atom. The SMILES string of the molecule is CC(C)(C)OC(=O)N1CCN(Cc2cccc(CBr)c2)CCN(C(=O)OC(C)(C)C)CCN(C(=O)OC(C)(C)C)CC1. The van der Waals surface area contributed by atoms with Gasteiger partial charge in [0.2, 0.25) is 0 Å². The molecule has 1 aliphatic rings. The number of hydrogen-bond donors (Lipinski definition) is 0. The first-order valence-electron chi connectivity index (χ1n) is 14.6. The molecule has 0 N–H and O–H groups in total. The van der Waals surface area contributed by atoms with Crippen molar-refractivity contribution in [3.05, 3.63) is 35.4 Å². The van der Waals surface area contributed by atoms with Crippen LogP contribution < -0.4 is 0 Å². The number of alkyl halides is 1. The van der Waals surface area contributed by atoms with E-state index in [0.29, 0.717) is 32.7 Å². The van der Waals surface area contributed by atoms with Crippen LogP contribution in [0.3, 0.4) is 0 Å². The zero-order valence-corrected chi connectivity index (χ0v) is 28.6.